The highest BCUT2D eigenvalue weighted by Crippen LogP contribution is 2.56. The zero-order valence-corrected chi connectivity index (χ0v) is 41.1. The van der Waals surface area contributed by atoms with Gasteiger partial charge in [-0.3, -0.25) is 13.6 Å². The summed E-state index contributed by atoms with van der Waals surface area (Å²) < 4.78 is 68.3. The molecule has 1 aromatic carbocycles. The number of benzene rings is 1. The first-order chi connectivity index (χ1) is 26.8. The number of thiocarbonyl (C=S) groups is 2. The molecule has 0 radical (unpaired) electrons. The Labute approximate surface area is 363 Å². The second-order valence-electron chi connectivity index (χ2n) is 18.0. The van der Waals surface area contributed by atoms with E-state index in [9.17, 15) is 4.57 Å². The molecule has 0 aromatic heterocycles. The first-order valence-corrected chi connectivity index (χ1v) is 23.4. The molecule has 0 saturated heterocycles. The van der Waals surface area contributed by atoms with E-state index in [1.165, 1.54) is 0 Å². The highest BCUT2D eigenvalue weighted by molar-refractivity contribution is 7.80. The van der Waals surface area contributed by atoms with Gasteiger partial charge in [-0.1, -0.05) is 24.3 Å². The molecule has 0 aliphatic carbocycles. The maximum absolute atomic E-state index is 14.5. The van der Waals surface area contributed by atoms with Crippen LogP contribution in [-0.4, -0.2) is 90.4 Å². The van der Waals surface area contributed by atoms with E-state index in [0.717, 1.165) is 17.5 Å². The molecular formula is C44H80NO10PS2. The van der Waals surface area contributed by atoms with Crippen molar-refractivity contribution in [3.63, 3.8) is 0 Å². The van der Waals surface area contributed by atoms with E-state index in [4.69, 9.17) is 66.4 Å². The molecule has 0 aliphatic heterocycles. The van der Waals surface area contributed by atoms with Gasteiger partial charge >= 0.3 is 7.82 Å². The maximum atomic E-state index is 14.5. The summed E-state index contributed by atoms with van der Waals surface area (Å²) in [6.07, 6.45) is 4.62. The van der Waals surface area contributed by atoms with Crippen molar-refractivity contribution < 1.29 is 46.6 Å². The third-order valence-electron chi connectivity index (χ3n) is 9.25. The minimum absolute atomic E-state index is 0.109. The van der Waals surface area contributed by atoms with Crippen LogP contribution in [0.4, 0.5) is 0 Å². The predicted octanol–water partition coefficient (Wildman–Crippen LogP) is 11.3. The molecule has 0 saturated carbocycles. The van der Waals surface area contributed by atoms with Crippen LogP contribution in [0.15, 0.2) is 24.3 Å². The van der Waals surface area contributed by atoms with E-state index in [1.807, 2.05) is 83.1 Å². The molecule has 11 nitrogen and oxygen atoms in total. The summed E-state index contributed by atoms with van der Waals surface area (Å²) in [6.45, 7) is 31.9. The minimum atomic E-state index is -4.08. The van der Waals surface area contributed by atoms with Gasteiger partial charge in [0.15, 0.2) is 10.1 Å². The summed E-state index contributed by atoms with van der Waals surface area (Å²) in [6, 6.07) is 8.32. The fourth-order valence-electron chi connectivity index (χ4n) is 5.44. The van der Waals surface area contributed by atoms with Crippen LogP contribution in [0, 0.1) is 0 Å². The molecule has 0 amide bonds. The van der Waals surface area contributed by atoms with Gasteiger partial charge in [0.05, 0.1) is 73.8 Å². The smallest absolute Gasteiger partial charge is 0.475 e. The molecule has 14 heteroatoms. The van der Waals surface area contributed by atoms with Crippen LogP contribution >= 0.6 is 32.3 Å². The van der Waals surface area contributed by atoms with Crippen LogP contribution in [0.3, 0.4) is 0 Å². The van der Waals surface area contributed by atoms with Gasteiger partial charge in [0.1, 0.15) is 0 Å². The quantitative estimate of drug-likeness (QED) is 0.0411. The first kappa shape index (κ1) is 54.9. The van der Waals surface area contributed by atoms with Crippen molar-refractivity contribution in [1.82, 2.24) is 5.32 Å². The molecule has 0 fully saturated rings. The second kappa shape index (κ2) is 26.4. The average molecular weight is 878 g/mol. The monoisotopic (exact) mass is 877 g/mol. The van der Waals surface area contributed by atoms with E-state index in [-0.39, 0.29) is 18.3 Å². The third-order valence-corrected chi connectivity index (χ3v) is 11.8. The van der Waals surface area contributed by atoms with E-state index >= 15 is 0 Å². The lowest BCUT2D eigenvalue weighted by Gasteiger charge is -2.35. The Hall–Kier alpha value is -1.09. The summed E-state index contributed by atoms with van der Waals surface area (Å²) in [5, 5.41) is 4.55. The van der Waals surface area contributed by atoms with E-state index in [2.05, 4.69) is 43.4 Å². The van der Waals surface area contributed by atoms with Gasteiger partial charge in [-0.15, -0.1) is 0 Å². The standard InChI is InChI=1S/C44H80NO10PS2/c1-15-47-38(57)21-23-40(5,6)50-30-26-43(11,12)54-56(46,55-44(13,14)27-31-51-41(7,8)24-22-39(58)48-16-2)53-32-28-45-33-36-17-19-37(20-18-36)34-52-42(9,10)25-29-49-35(3)4/h17-20,35,45H,15-16,21-34H2,1-14H3. The van der Waals surface area contributed by atoms with Crippen molar-refractivity contribution in [3.05, 3.63) is 35.4 Å². The number of phosphoric ester groups is 1. The molecule has 338 valence electrons. The normalized spacial score (nSPS) is 13.3. The van der Waals surface area contributed by atoms with Crippen LogP contribution in [0.1, 0.15) is 153 Å². The molecule has 0 unspecified atom stereocenters. The third kappa shape index (κ3) is 27.0. The number of hydrogen-bond donors (Lipinski definition) is 1. The summed E-state index contributed by atoms with van der Waals surface area (Å²) in [4.78, 5) is 0. The Bertz CT molecular complexity index is 1310. The molecule has 0 aliphatic rings. The Kier molecular flexibility index (Phi) is 25.0. The molecule has 0 atom stereocenters. The Morgan fingerprint density at radius 3 is 1.50 bits per heavy atom. The molecule has 1 rings (SSSR count). The summed E-state index contributed by atoms with van der Waals surface area (Å²) in [5.74, 6) is 0. The topological polar surface area (TPSA) is 112 Å². The van der Waals surface area contributed by atoms with Gasteiger partial charge in [0.25, 0.3) is 0 Å². The van der Waals surface area contributed by atoms with Gasteiger partial charge in [0, 0.05) is 32.5 Å². The van der Waals surface area contributed by atoms with Crippen LogP contribution in [0.2, 0.25) is 0 Å². The average Bonchev–Trinajstić information content (AvgIpc) is 3.08. The van der Waals surface area contributed by atoms with Gasteiger partial charge < -0.3 is 33.7 Å². The van der Waals surface area contributed by atoms with Crippen molar-refractivity contribution in [3.8, 4) is 0 Å². The number of rotatable bonds is 33. The second-order valence-corrected chi connectivity index (χ2v) is 20.4. The first-order valence-electron chi connectivity index (χ1n) is 21.1. The molecule has 0 bridgehead atoms. The Morgan fingerprint density at radius 2 is 1.05 bits per heavy atom. The van der Waals surface area contributed by atoms with Crippen LogP contribution in [-0.2, 0) is 59.7 Å². The maximum Gasteiger partial charge on any atom is 0.475 e. The highest BCUT2D eigenvalue weighted by Gasteiger charge is 2.40. The van der Waals surface area contributed by atoms with Crippen molar-refractivity contribution in [1.29, 1.82) is 0 Å². The number of phosphoric acid groups is 1. The fraction of sp³-hybridized carbons (Fsp3) is 0.818. The Balaban J connectivity index is 2.86. The van der Waals surface area contributed by atoms with Gasteiger partial charge in [0.2, 0.25) is 0 Å². The number of ether oxygens (including phenoxy) is 6. The molecule has 1 aromatic rings. The van der Waals surface area contributed by atoms with E-state index in [1.54, 1.807) is 0 Å². The van der Waals surface area contributed by atoms with Gasteiger partial charge in [-0.05, 0) is 165 Å². The van der Waals surface area contributed by atoms with Crippen LogP contribution < -0.4 is 5.32 Å². The van der Waals surface area contributed by atoms with Crippen molar-refractivity contribution in [2.75, 3.05) is 46.2 Å². The van der Waals surface area contributed by atoms with Crippen molar-refractivity contribution in [2.24, 2.45) is 0 Å². The fourth-order valence-corrected chi connectivity index (χ4v) is 7.73. The van der Waals surface area contributed by atoms with Crippen molar-refractivity contribution in [2.45, 2.75) is 189 Å². The molecule has 58 heavy (non-hydrogen) atoms. The van der Waals surface area contributed by atoms with Gasteiger partial charge in [-0.25, -0.2) is 4.57 Å². The number of hydrogen-bond acceptors (Lipinski definition) is 13. The predicted molar refractivity (Wildman–Crippen MR) is 243 cm³/mol. The summed E-state index contributed by atoms with van der Waals surface area (Å²) in [7, 11) is -4.08. The zero-order chi connectivity index (χ0) is 44.1. The lowest BCUT2D eigenvalue weighted by Crippen LogP contribution is -2.34. The highest BCUT2D eigenvalue weighted by atomic mass is 32.1. The van der Waals surface area contributed by atoms with E-state index < -0.39 is 30.2 Å². The minimum Gasteiger partial charge on any atom is -0.487 e. The van der Waals surface area contributed by atoms with Crippen molar-refractivity contribution >= 4 is 42.4 Å². The number of nitrogens with one attached hydrogen (secondary N) is 1. The molecule has 1 N–H and O–H groups in total. The molecule has 0 heterocycles. The molecule has 0 spiro atoms. The van der Waals surface area contributed by atoms with Gasteiger partial charge in [-0.2, -0.15) is 0 Å². The zero-order valence-electron chi connectivity index (χ0n) is 38.5. The van der Waals surface area contributed by atoms with Crippen LogP contribution in [0.5, 0.6) is 0 Å². The van der Waals surface area contributed by atoms with Crippen LogP contribution in [0.25, 0.3) is 0 Å². The lowest BCUT2D eigenvalue weighted by molar-refractivity contribution is -0.0681. The summed E-state index contributed by atoms with van der Waals surface area (Å²) >= 11 is 10.6. The Morgan fingerprint density at radius 1 is 0.621 bits per heavy atom. The molecular weight excluding hydrogens is 798 g/mol. The SMILES string of the molecule is CCOC(=S)CCC(C)(C)OCCC(C)(C)OP(=O)(OCCNCc1ccc(COC(C)(C)CCOC(C)C)cc1)OC(C)(C)CCOC(C)(C)CCC(=S)OCC. The lowest BCUT2D eigenvalue weighted by atomic mass is 10.0. The largest absolute Gasteiger partial charge is 0.487 e. The van der Waals surface area contributed by atoms with E-state index in [0.29, 0.717) is 101 Å². The summed E-state index contributed by atoms with van der Waals surface area (Å²) in [5.41, 5.74) is -0.722.